The highest BCUT2D eigenvalue weighted by atomic mass is 16.5. The fourth-order valence-electron chi connectivity index (χ4n) is 2.94. The van der Waals surface area contributed by atoms with Gasteiger partial charge in [-0.05, 0) is 18.4 Å². The van der Waals surface area contributed by atoms with Crippen LogP contribution in [0.25, 0.3) is 0 Å². The molecule has 1 saturated heterocycles. The van der Waals surface area contributed by atoms with Gasteiger partial charge in [-0.1, -0.05) is 30.3 Å². The van der Waals surface area contributed by atoms with Crippen LogP contribution >= 0.6 is 0 Å². The average molecular weight is 329 g/mol. The number of hydrogen-bond acceptors (Lipinski definition) is 4. The van der Waals surface area contributed by atoms with Gasteiger partial charge in [0.2, 0.25) is 0 Å². The van der Waals surface area contributed by atoms with Gasteiger partial charge >= 0.3 is 5.97 Å². The summed E-state index contributed by atoms with van der Waals surface area (Å²) in [6.07, 6.45) is 2.92. The number of amides is 1. The van der Waals surface area contributed by atoms with Gasteiger partial charge in [0.15, 0.2) is 5.76 Å². The molecular formula is C18H19NO5. The fourth-order valence-corrected chi connectivity index (χ4v) is 2.94. The molecule has 1 aromatic heterocycles. The van der Waals surface area contributed by atoms with Gasteiger partial charge < -0.3 is 19.6 Å². The molecule has 0 radical (unpaired) electrons. The lowest BCUT2D eigenvalue weighted by molar-refractivity contribution is -0.0273. The number of carbonyl (C=O) groups excluding carboxylic acids is 1. The number of carboxylic acid groups (broad SMARTS) is 1. The lowest BCUT2D eigenvalue weighted by Crippen LogP contribution is -2.35. The minimum absolute atomic E-state index is 0.000360. The van der Waals surface area contributed by atoms with Crippen LogP contribution < -0.4 is 5.32 Å². The maximum Gasteiger partial charge on any atom is 0.338 e. The van der Waals surface area contributed by atoms with E-state index in [9.17, 15) is 9.59 Å². The van der Waals surface area contributed by atoms with E-state index in [1.807, 2.05) is 30.3 Å². The Kier molecular flexibility index (Phi) is 4.96. The van der Waals surface area contributed by atoms with Crippen molar-refractivity contribution in [1.82, 2.24) is 5.32 Å². The summed E-state index contributed by atoms with van der Waals surface area (Å²) in [5, 5.41) is 11.7. The Hall–Kier alpha value is -2.60. The van der Waals surface area contributed by atoms with Gasteiger partial charge in [0.05, 0.1) is 11.7 Å². The van der Waals surface area contributed by atoms with E-state index in [2.05, 4.69) is 5.32 Å². The van der Waals surface area contributed by atoms with E-state index in [0.29, 0.717) is 13.2 Å². The largest absolute Gasteiger partial charge is 0.478 e. The van der Waals surface area contributed by atoms with E-state index in [1.54, 1.807) is 0 Å². The van der Waals surface area contributed by atoms with E-state index in [0.717, 1.165) is 24.7 Å². The number of rotatable bonds is 5. The molecule has 1 aliphatic heterocycles. The van der Waals surface area contributed by atoms with Crippen molar-refractivity contribution in [3.05, 3.63) is 59.5 Å². The maximum atomic E-state index is 12.1. The predicted octanol–water partition coefficient (Wildman–Crippen LogP) is 2.88. The van der Waals surface area contributed by atoms with Crippen LogP contribution in [-0.4, -0.2) is 30.1 Å². The number of carboxylic acids is 1. The Balaban J connectivity index is 1.63. The van der Waals surface area contributed by atoms with Crippen LogP contribution in [0.2, 0.25) is 0 Å². The second kappa shape index (κ2) is 7.31. The summed E-state index contributed by atoms with van der Waals surface area (Å²) >= 11 is 0. The lowest BCUT2D eigenvalue weighted by Gasteiger charge is -2.32. The van der Waals surface area contributed by atoms with Crippen molar-refractivity contribution in [2.24, 2.45) is 5.92 Å². The van der Waals surface area contributed by atoms with Crippen molar-refractivity contribution < 1.29 is 23.8 Å². The summed E-state index contributed by atoms with van der Waals surface area (Å²) < 4.78 is 10.9. The number of aromatic carboxylic acids is 1. The molecule has 1 fully saturated rings. The molecule has 2 atom stereocenters. The van der Waals surface area contributed by atoms with Crippen LogP contribution in [0, 0.1) is 5.92 Å². The first kappa shape index (κ1) is 16.3. The third-order valence-corrected chi connectivity index (χ3v) is 4.17. The number of carbonyl (C=O) groups is 2. The van der Waals surface area contributed by atoms with Crippen molar-refractivity contribution >= 4 is 11.9 Å². The zero-order chi connectivity index (χ0) is 16.9. The molecule has 0 bridgehead atoms. The molecule has 2 N–H and O–H groups in total. The highest BCUT2D eigenvalue weighted by molar-refractivity contribution is 5.95. The van der Waals surface area contributed by atoms with Crippen LogP contribution in [0.4, 0.5) is 0 Å². The van der Waals surface area contributed by atoms with Gasteiger partial charge in [0.1, 0.15) is 6.26 Å². The van der Waals surface area contributed by atoms with Gasteiger partial charge in [-0.3, -0.25) is 4.79 Å². The Morgan fingerprint density at radius 3 is 2.75 bits per heavy atom. The van der Waals surface area contributed by atoms with E-state index >= 15 is 0 Å². The number of ether oxygens (including phenoxy) is 1. The molecule has 2 unspecified atom stereocenters. The molecule has 3 rings (SSSR count). The first-order valence-electron chi connectivity index (χ1n) is 7.91. The third-order valence-electron chi connectivity index (χ3n) is 4.17. The third kappa shape index (κ3) is 3.65. The molecule has 0 saturated carbocycles. The van der Waals surface area contributed by atoms with E-state index in [4.69, 9.17) is 14.3 Å². The number of nitrogens with one attached hydrogen (secondary N) is 1. The van der Waals surface area contributed by atoms with Crippen LogP contribution in [0.3, 0.4) is 0 Å². The molecule has 1 amide bonds. The average Bonchev–Trinajstić information content (AvgIpc) is 3.11. The number of hydrogen-bond donors (Lipinski definition) is 2. The molecule has 0 spiro atoms. The van der Waals surface area contributed by atoms with Crippen LogP contribution in [0.15, 0.2) is 47.1 Å². The summed E-state index contributed by atoms with van der Waals surface area (Å²) in [7, 11) is 0. The Morgan fingerprint density at radius 2 is 2.04 bits per heavy atom. The van der Waals surface area contributed by atoms with E-state index < -0.39 is 11.9 Å². The second-order valence-electron chi connectivity index (χ2n) is 5.82. The highest BCUT2D eigenvalue weighted by Gasteiger charge is 2.28. The minimum Gasteiger partial charge on any atom is -0.478 e. The Bertz CT molecular complexity index is 709. The van der Waals surface area contributed by atoms with Crippen molar-refractivity contribution in [2.45, 2.75) is 18.9 Å². The smallest absolute Gasteiger partial charge is 0.338 e. The zero-order valence-corrected chi connectivity index (χ0v) is 13.1. The summed E-state index contributed by atoms with van der Waals surface area (Å²) in [5.41, 5.74) is 1.06. The van der Waals surface area contributed by atoms with Gasteiger partial charge in [0.25, 0.3) is 5.91 Å². The molecule has 6 heteroatoms. The predicted molar refractivity (Wildman–Crippen MR) is 85.9 cm³/mol. The first-order valence-corrected chi connectivity index (χ1v) is 7.91. The summed E-state index contributed by atoms with van der Waals surface area (Å²) in [6, 6.07) is 11.2. The molecule has 0 aliphatic carbocycles. The van der Waals surface area contributed by atoms with Gasteiger partial charge in [-0.15, -0.1) is 0 Å². The molecule has 1 aromatic carbocycles. The van der Waals surface area contributed by atoms with Gasteiger partial charge in [-0.2, -0.15) is 0 Å². The molecule has 1 aliphatic rings. The standard InChI is InChI=1S/C18H19NO5/c20-17(15-9-14(11-24-15)18(21)22)19-10-13-7-4-8-23-16(13)12-5-2-1-3-6-12/h1-3,5-6,9,11,13,16H,4,7-8,10H2,(H,19,20)(H,21,22). The zero-order valence-electron chi connectivity index (χ0n) is 13.1. The van der Waals surface area contributed by atoms with Crippen molar-refractivity contribution in [3.8, 4) is 0 Å². The summed E-state index contributed by atoms with van der Waals surface area (Å²) in [4.78, 5) is 23.0. The van der Waals surface area contributed by atoms with Crippen LogP contribution in [-0.2, 0) is 4.74 Å². The molecule has 6 nitrogen and oxygen atoms in total. The van der Waals surface area contributed by atoms with Gasteiger partial charge in [-0.25, -0.2) is 4.79 Å². The Morgan fingerprint density at radius 1 is 1.25 bits per heavy atom. The maximum absolute atomic E-state index is 12.1. The highest BCUT2D eigenvalue weighted by Crippen LogP contribution is 2.33. The second-order valence-corrected chi connectivity index (χ2v) is 5.82. The van der Waals surface area contributed by atoms with Crippen LogP contribution in [0.5, 0.6) is 0 Å². The normalized spacial score (nSPS) is 20.5. The van der Waals surface area contributed by atoms with Crippen molar-refractivity contribution in [2.75, 3.05) is 13.2 Å². The monoisotopic (exact) mass is 329 g/mol. The van der Waals surface area contributed by atoms with Crippen molar-refractivity contribution in [3.63, 3.8) is 0 Å². The van der Waals surface area contributed by atoms with Crippen LogP contribution in [0.1, 0.15) is 45.4 Å². The quantitative estimate of drug-likeness (QED) is 0.880. The Labute approximate surface area is 139 Å². The topological polar surface area (TPSA) is 88.8 Å². The summed E-state index contributed by atoms with van der Waals surface area (Å²) in [6.45, 7) is 1.16. The molecule has 126 valence electrons. The number of benzene rings is 1. The lowest BCUT2D eigenvalue weighted by atomic mass is 9.89. The number of furan rings is 1. The summed E-state index contributed by atoms with van der Waals surface area (Å²) in [5.74, 6) is -1.37. The SMILES string of the molecule is O=C(O)c1coc(C(=O)NCC2CCCOC2c2ccccc2)c1. The van der Waals surface area contributed by atoms with E-state index in [-0.39, 0.29) is 23.3 Å². The molecule has 2 aromatic rings. The first-order chi connectivity index (χ1) is 11.6. The van der Waals surface area contributed by atoms with Crippen molar-refractivity contribution in [1.29, 1.82) is 0 Å². The molecular weight excluding hydrogens is 310 g/mol. The minimum atomic E-state index is -1.12. The van der Waals surface area contributed by atoms with E-state index in [1.165, 1.54) is 6.07 Å². The van der Waals surface area contributed by atoms with Gasteiger partial charge in [0, 0.05) is 25.1 Å². The molecule has 24 heavy (non-hydrogen) atoms. The molecule has 2 heterocycles. The fraction of sp³-hybridized carbons (Fsp3) is 0.333.